The summed E-state index contributed by atoms with van der Waals surface area (Å²) in [6.45, 7) is 8.66. The predicted molar refractivity (Wildman–Crippen MR) is 177 cm³/mol. The van der Waals surface area contributed by atoms with Crippen molar-refractivity contribution < 1.29 is 28.5 Å². The van der Waals surface area contributed by atoms with Crippen molar-refractivity contribution in [3.8, 4) is 5.75 Å². The Labute approximate surface area is 267 Å². The van der Waals surface area contributed by atoms with Crippen LogP contribution in [0.25, 0.3) is 10.8 Å². The molecule has 1 amide bonds. The van der Waals surface area contributed by atoms with E-state index in [1.54, 1.807) is 12.0 Å². The number of likely N-dealkylation sites (tertiary alicyclic amines) is 1. The molecule has 0 spiro atoms. The van der Waals surface area contributed by atoms with Gasteiger partial charge in [0, 0.05) is 19.4 Å². The fourth-order valence-corrected chi connectivity index (χ4v) is 5.69. The van der Waals surface area contributed by atoms with Crippen molar-refractivity contribution in [1.29, 1.82) is 0 Å². The van der Waals surface area contributed by atoms with Gasteiger partial charge >= 0.3 is 6.09 Å². The van der Waals surface area contributed by atoms with Crippen LogP contribution >= 0.6 is 0 Å². The standard InChI is InChI=1S/C38H45NO6/c1-38(2,3)45-37(40)39-24-34(41-4)36(35(25-39)44-27-29-15-16-30-13-8-9-14-32(30)23-29)31-17-19-33(20-18-31)43-22-10-21-42-26-28-11-6-5-7-12-28/h5-9,11-20,23,34-36H,10,21-22,24-27H2,1-4H3. The molecule has 0 saturated carbocycles. The van der Waals surface area contributed by atoms with E-state index < -0.39 is 5.60 Å². The number of carbonyl (C=O) groups excluding carboxylic acids is 1. The highest BCUT2D eigenvalue weighted by Gasteiger charge is 2.41. The van der Waals surface area contributed by atoms with Gasteiger partial charge in [-0.1, -0.05) is 78.9 Å². The van der Waals surface area contributed by atoms with E-state index >= 15 is 0 Å². The Morgan fingerprint density at radius 3 is 2.22 bits per heavy atom. The molecule has 1 aliphatic rings. The molecule has 0 N–H and O–H groups in total. The quantitative estimate of drug-likeness (QED) is 0.153. The van der Waals surface area contributed by atoms with Crippen molar-refractivity contribution in [2.75, 3.05) is 33.4 Å². The minimum absolute atomic E-state index is 0.0884. The van der Waals surface area contributed by atoms with Gasteiger partial charge in [0.05, 0.1) is 51.7 Å². The molecule has 0 aliphatic carbocycles. The predicted octanol–water partition coefficient (Wildman–Crippen LogP) is 7.76. The zero-order chi connectivity index (χ0) is 31.6. The zero-order valence-corrected chi connectivity index (χ0v) is 26.8. The number of benzene rings is 4. The lowest BCUT2D eigenvalue weighted by atomic mass is 9.84. The fourth-order valence-electron chi connectivity index (χ4n) is 5.69. The topological polar surface area (TPSA) is 66.5 Å². The molecule has 238 valence electrons. The molecule has 3 unspecified atom stereocenters. The highest BCUT2D eigenvalue weighted by atomic mass is 16.6. The summed E-state index contributed by atoms with van der Waals surface area (Å²) in [7, 11) is 1.69. The summed E-state index contributed by atoms with van der Waals surface area (Å²) in [4.78, 5) is 14.8. The summed E-state index contributed by atoms with van der Waals surface area (Å²) in [5.74, 6) is 0.713. The second-order valence-corrected chi connectivity index (χ2v) is 12.5. The summed E-state index contributed by atoms with van der Waals surface area (Å²) < 4.78 is 30.1. The number of methoxy groups -OCH3 is 1. The van der Waals surface area contributed by atoms with Crippen molar-refractivity contribution in [3.05, 3.63) is 114 Å². The summed E-state index contributed by atoms with van der Waals surface area (Å²) in [5.41, 5.74) is 2.72. The molecule has 1 aliphatic heterocycles. The molecule has 1 heterocycles. The van der Waals surface area contributed by atoms with E-state index in [9.17, 15) is 4.79 Å². The molecule has 5 rings (SSSR count). The van der Waals surface area contributed by atoms with Crippen molar-refractivity contribution in [3.63, 3.8) is 0 Å². The van der Waals surface area contributed by atoms with Gasteiger partial charge in [0.2, 0.25) is 0 Å². The monoisotopic (exact) mass is 611 g/mol. The number of rotatable bonds is 12. The van der Waals surface area contributed by atoms with E-state index in [2.05, 4.69) is 54.6 Å². The first-order valence-corrected chi connectivity index (χ1v) is 15.7. The molecular formula is C38H45NO6. The first kappa shape index (κ1) is 32.5. The normalized spacial score (nSPS) is 18.6. The van der Waals surface area contributed by atoms with E-state index in [4.69, 9.17) is 23.7 Å². The number of fused-ring (bicyclic) bond motifs is 1. The number of amides is 1. The Bertz CT molecular complexity index is 1500. The first-order valence-electron chi connectivity index (χ1n) is 15.7. The van der Waals surface area contributed by atoms with Crippen LogP contribution in [0.5, 0.6) is 5.75 Å². The SMILES string of the molecule is COC1CN(C(=O)OC(C)(C)C)CC(OCc2ccc3ccccc3c2)C1c1ccc(OCCCOCc2ccccc2)cc1. The van der Waals surface area contributed by atoms with Gasteiger partial charge in [-0.25, -0.2) is 4.79 Å². The molecule has 1 saturated heterocycles. The van der Waals surface area contributed by atoms with Crippen molar-refractivity contribution in [2.24, 2.45) is 0 Å². The average molecular weight is 612 g/mol. The first-order chi connectivity index (χ1) is 21.8. The maximum Gasteiger partial charge on any atom is 0.410 e. The van der Waals surface area contributed by atoms with Crippen LogP contribution in [0.15, 0.2) is 97.1 Å². The van der Waals surface area contributed by atoms with Crippen LogP contribution in [0.3, 0.4) is 0 Å². The van der Waals surface area contributed by atoms with Gasteiger partial charge in [0.25, 0.3) is 0 Å². The molecule has 0 radical (unpaired) electrons. The van der Waals surface area contributed by atoms with Crippen molar-refractivity contribution in [2.45, 2.75) is 64.1 Å². The third-order valence-corrected chi connectivity index (χ3v) is 7.91. The van der Waals surface area contributed by atoms with E-state index in [0.29, 0.717) is 39.5 Å². The van der Waals surface area contributed by atoms with Gasteiger partial charge in [0.1, 0.15) is 11.4 Å². The maximum absolute atomic E-state index is 13.1. The molecule has 7 nitrogen and oxygen atoms in total. The number of piperidine rings is 1. The molecule has 0 aromatic heterocycles. The van der Waals surface area contributed by atoms with Gasteiger partial charge in [-0.2, -0.15) is 0 Å². The van der Waals surface area contributed by atoms with E-state index in [1.807, 2.05) is 63.2 Å². The largest absolute Gasteiger partial charge is 0.494 e. The maximum atomic E-state index is 13.1. The second-order valence-electron chi connectivity index (χ2n) is 12.5. The van der Waals surface area contributed by atoms with Gasteiger partial charge in [-0.15, -0.1) is 0 Å². The molecule has 1 fully saturated rings. The van der Waals surface area contributed by atoms with E-state index in [-0.39, 0.29) is 24.2 Å². The Kier molecular flexibility index (Phi) is 11.1. The third-order valence-electron chi connectivity index (χ3n) is 7.91. The Balaban J connectivity index is 1.24. The molecular weight excluding hydrogens is 566 g/mol. The molecule has 4 aromatic carbocycles. The highest BCUT2D eigenvalue weighted by molar-refractivity contribution is 5.82. The molecule has 45 heavy (non-hydrogen) atoms. The Morgan fingerprint density at radius 1 is 0.778 bits per heavy atom. The molecule has 0 bridgehead atoms. The van der Waals surface area contributed by atoms with Crippen LogP contribution in [0.4, 0.5) is 4.79 Å². The van der Waals surface area contributed by atoms with Gasteiger partial charge in [-0.05, 0) is 66.4 Å². The number of hydrogen-bond acceptors (Lipinski definition) is 6. The number of ether oxygens (including phenoxy) is 5. The number of hydrogen-bond donors (Lipinski definition) is 0. The lowest BCUT2D eigenvalue weighted by Gasteiger charge is -2.43. The molecule has 3 atom stereocenters. The lowest BCUT2D eigenvalue weighted by molar-refractivity contribution is -0.0858. The number of nitrogens with zero attached hydrogens (tertiary/aromatic N) is 1. The van der Waals surface area contributed by atoms with Crippen molar-refractivity contribution >= 4 is 16.9 Å². The fraction of sp³-hybridized carbons (Fsp3) is 0.395. The highest BCUT2D eigenvalue weighted by Crippen LogP contribution is 2.35. The number of carbonyl (C=O) groups is 1. The Hall–Kier alpha value is -3.91. The van der Waals surface area contributed by atoms with Crippen molar-refractivity contribution in [1.82, 2.24) is 4.90 Å². The van der Waals surface area contributed by atoms with E-state index in [0.717, 1.165) is 23.3 Å². The summed E-state index contributed by atoms with van der Waals surface area (Å²) in [6, 6.07) is 33.0. The van der Waals surface area contributed by atoms with Crippen LogP contribution in [-0.4, -0.2) is 62.2 Å². The van der Waals surface area contributed by atoms with Crippen LogP contribution in [0.2, 0.25) is 0 Å². The van der Waals surface area contributed by atoms with Gasteiger partial charge < -0.3 is 28.6 Å². The summed E-state index contributed by atoms with van der Waals surface area (Å²) in [6.07, 6.45) is -0.148. The molecule has 4 aromatic rings. The van der Waals surface area contributed by atoms with E-state index in [1.165, 1.54) is 16.3 Å². The minimum atomic E-state index is -0.595. The van der Waals surface area contributed by atoms with Crippen LogP contribution < -0.4 is 4.74 Å². The summed E-state index contributed by atoms with van der Waals surface area (Å²) >= 11 is 0. The second kappa shape index (κ2) is 15.4. The van der Waals surface area contributed by atoms with Crippen LogP contribution in [-0.2, 0) is 32.2 Å². The Morgan fingerprint density at radius 2 is 1.49 bits per heavy atom. The minimum Gasteiger partial charge on any atom is -0.494 e. The zero-order valence-electron chi connectivity index (χ0n) is 26.8. The lowest BCUT2D eigenvalue weighted by Crippen LogP contribution is -2.55. The average Bonchev–Trinajstić information content (AvgIpc) is 3.05. The summed E-state index contributed by atoms with van der Waals surface area (Å²) in [5, 5.41) is 2.36. The smallest absolute Gasteiger partial charge is 0.410 e. The van der Waals surface area contributed by atoms with Gasteiger partial charge in [0.15, 0.2) is 0 Å². The van der Waals surface area contributed by atoms with Gasteiger partial charge in [-0.3, -0.25) is 0 Å². The molecule has 7 heteroatoms. The van der Waals surface area contributed by atoms with Crippen LogP contribution in [0, 0.1) is 0 Å². The van der Waals surface area contributed by atoms with Crippen LogP contribution in [0.1, 0.15) is 49.8 Å². The third kappa shape index (κ3) is 9.30.